The first-order chi connectivity index (χ1) is 8.17. The molecule has 0 aliphatic heterocycles. The molecule has 6 heteroatoms. The molecule has 0 amide bonds. The van der Waals surface area contributed by atoms with Crippen LogP contribution in [0, 0.1) is 0 Å². The van der Waals surface area contributed by atoms with Crippen LogP contribution in [0.1, 0.15) is 23.5 Å². The summed E-state index contributed by atoms with van der Waals surface area (Å²) >= 11 is 11.4. The van der Waals surface area contributed by atoms with E-state index in [0.717, 1.165) is 16.7 Å². The quantitative estimate of drug-likeness (QED) is 0.924. The van der Waals surface area contributed by atoms with E-state index in [1.807, 2.05) is 11.7 Å². The second-order valence-corrected chi connectivity index (χ2v) is 5.85. The molecule has 92 valence electrons. The van der Waals surface area contributed by atoms with E-state index in [0.29, 0.717) is 5.02 Å². The van der Waals surface area contributed by atoms with Crippen LogP contribution in [-0.2, 0) is 6.54 Å². The Bertz CT molecular complexity index is 509. The first-order valence-corrected chi connectivity index (χ1v) is 7.34. The number of hydrogen-bond acceptors (Lipinski definition) is 3. The van der Waals surface area contributed by atoms with Crippen LogP contribution in [0.4, 0.5) is 0 Å². The van der Waals surface area contributed by atoms with Gasteiger partial charge in [-0.05, 0) is 36.0 Å². The van der Waals surface area contributed by atoms with Crippen LogP contribution in [-0.4, -0.2) is 16.8 Å². The van der Waals surface area contributed by atoms with E-state index in [2.05, 4.69) is 44.7 Å². The number of nitrogens with one attached hydrogen (secondary N) is 1. The number of aryl methyl sites for hydroxylation is 1. The van der Waals surface area contributed by atoms with Crippen molar-refractivity contribution in [2.75, 3.05) is 7.05 Å². The summed E-state index contributed by atoms with van der Waals surface area (Å²) in [5.74, 6) is 0. The fraction of sp³-hybridized carbons (Fsp3) is 0.364. The zero-order valence-electron chi connectivity index (χ0n) is 9.58. The zero-order valence-corrected chi connectivity index (χ0v) is 12.7. The van der Waals surface area contributed by atoms with Gasteiger partial charge in [-0.25, -0.2) is 0 Å². The fourth-order valence-electron chi connectivity index (χ4n) is 1.80. The third-order valence-electron chi connectivity index (χ3n) is 2.57. The van der Waals surface area contributed by atoms with Crippen molar-refractivity contribution >= 4 is 38.9 Å². The van der Waals surface area contributed by atoms with Crippen molar-refractivity contribution in [1.82, 2.24) is 15.1 Å². The summed E-state index contributed by atoms with van der Waals surface area (Å²) in [5, 5.41) is 10.3. The minimum Gasteiger partial charge on any atom is -0.307 e. The normalized spacial score (nSPS) is 12.9. The SMILES string of the molecule is CCn1ncc(Cl)c1C(NC)c1cc(Br)cs1. The molecule has 3 nitrogen and oxygen atoms in total. The summed E-state index contributed by atoms with van der Waals surface area (Å²) in [6, 6.07) is 2.19. The van der Waals surface area contributed by atoms with Gasteiger partial charge in [0.2, 0.25) is 0 Å². The monoisotopic (exact) mass is 333 g/mol. The molecule has 0 aliphatic carbocycles. The van der Waals surface area contributed by atoms with Crippen LogP contribution in [0.25, 0.3) is 0 Å². The summed E-state index contributed by atoms with van der Waals surface area (Å²) in [7, 11) is 1.93. The highest BCUT2D eigenvalue weighted by atomic mass is 79.9. The summed E-state index contributed by atoms with van der Waals surface area (Å²) < 4.78 is 3.02. The van der Waals surface area contributed by atoms with E-state index in [9.17, 15) is 0 Å². The Balaban J connectivity index is 2.44. The van der Waals surface area contributed by atoms with Crippen molar-refractivity contribution in [1.29, 1.82) is 0 Å². The van der Waals surface area contributed by atoms with Crippen LogP contribution in [0.3, 0.4) is 0 Å². The molecule has 0 bridgehead atoms. The molecular formula is C11H13BrClN3S. The van der Waals surface area contributed by atoms with E-state index in [1.165, 1.54) is 4.88 Å². The molecule has 2 aromatic rings. The van der Waals surface area contributed by atoms with Gasteiger partial charge in [-0.1, -0.05) is 11.6 Å². The second kappa shape index (κ2) is 5.52. The van der Waals surface area contributed by atoms with Gasteiger partial charge >= 0.3 is 0 Å². The summed E-state index contributed by atoms with van der Waals surface area (Å²) in [6.07, 6.45) is 1.70. The number of nitrogens with zero attached hydrogens (tertiary/aromatic N) is 2. The topological polar surface area (TPSA) is 29.9 Å². The van der Waals surface area contributed by atoms with E-state index in [-0.39, 0.29) is 6.04 Å². The van der Waals surface area contributed by atoms with Gasteiger partial charge in [0, 0.05) is 21.3 Å². The van der Waals surface area contributed by atoms with Crippen molar-refractivity contribution in [2.24, 2.45) is 0 Å². The fourth-order valence-corrected chi connectivity index (χ4v) is 3.61. The molecule has 2 rings (SSSR count). The molecular weight excluding hydrogens is 322 g/mol. The molecule has 1 unspecified atom stereocenters. The molecule has 0 aliphatic rings. The summed E-state index contributed by atoms with van der Waals surface area (Å²) in [5.41, 5.74) is 1.02. The number of rotatable bonds is 4. The van der Waals surface area contributed by atoms with Crippen LogP contribution in [0.5, 0.6) is 0 Å². The molecule has 0 saturated heterocycles. The first-order valence-electron chi connectivity index (χ1n) is 5.29. The zero-order chi connectivity index (χ0) is 12.4. The third kappa shape index (κ3) is 2.57. The molecule has 0 spiro atoms. The lowest BCUT2D eigenvalue weighted by atomic mass is 10.1. The minimum atomic E-state index is 0.0845. The highest BCUT2D eigenvalue weighted by molar-refractivity contribution is 9.10. The third-order valence-corrected chi connectivity index (χ3v) is 4.62. The maximum atomic E-state index is 6.22. The van der Waals surface area contributed by atoms with Gasteiger partial charge in [0.25, 0.3) is 0 Å². The molecule has 2 heterocycles. The molecule has 0 fully saturated rings. The van der Waals surface area contributed by atoms with Gasteiger partial charge in [-0.15, -0.1) is 11.3 Å². The van der Waals surface area contributed by atoms with Crippen LogP contribution in [0.15, 0.2) is 22.1 Å². The Kier molecular flexibility index (Phi) is 4.25. The van der Waals surface area contributed by atoms with E-state index in [1.54, 1.807) is 17.5 Å². The van der Waals surface area contributed by atoms with Crippen molar-refractivity contribution in [3.05, 3.63) is 37.7 Å². The maximum absolute atomic E-state index is 6.22. The Labute approximate surface area is 118 Å². The minimum absolute atomic E-state index is 0.0845. The average molecular weight is 335 g/mol. The predicted molar refractivity (Wildman–Crippen MR) is 75.8 cm³/mol. The van der Waals surface area contributed by atoms with E-state index in [4.69, 9.17) is 11.6 Å². The summed E-state index contributed by atoms with van der Waals surface area (Å²) in [4.78, 5) is 1.22. The van der Waals surface area contributed by atoms with Gasteiger partial charge in [0.15, 0.2) is 0 Å². The molecule has 1 atom stereocenters. The van der Waals surface area contributed by atoms with E-state index >= 15 is 0 Å². The molecule has 1 N–H and O–H groups in total. The highest BCUT2D eigenvalue weighted by Crippen LogP contribution is 2.33. The van der Waals surface area contributed by atoms with E-state index < -0.39 is 0 Å². The Morgan fingerprint density at radius 2 is 2.41 bits per heavy atom. The molecule has 2 aromatic heterocycles. The Morgan fingerprint density at radius 3 is 2.94 bits per heavy atom. The van der Waals surface area contributed by atoms with Crippen LogP contribution >= 0.6 is 38.9 Å². The number of hydrogen-bond donors (Lipinski definition) is 1. The van der Waals surface area contributed by atoms with Crippen molar-refractivity contribution < 1.29 is 0 Å². The standard InChI is InChI=1S/C11H13BrClN3S/c1-3-16-11(8(13)5-15-16)10(14-2)9-4-7(12)6-17-9/h4-6,10,14H,3H2,1-2H3. The van der Waals surface area contributed by atoms with Crippen molar-refractivity contribution in [2.45, 2.75) is 19.5 Å². The Morgan fingerprint density at radius 1 is 1.65 bits per heavy atom. The van der Waals surface area contributed by atoms with Gasteiger partial charge in [0.05, 0.1) is 23.0 Å². The van der Waals surface area contributed by atoms with Crippen LogP contribution < -0.4 is 5.32 Å². The lowest BCUT2D eigenvalue weighted by Crippen LogP contribution is -2.20. The van der Waals surface area contributed by atoms with Crippen LogP contribution in [0.2, 0.25) is 5.02 Å². The number of halogens is 2. The van der Waals surface area contributed by atoms with Crippen molar-refractivity contribution in [3.8, 4) is 0 Å². The lowest BCUT2D eigenvalue weighted by Gasteiger charge is -2.16. The lowest BCUT2D eigenvalue weighted by molar-refractivity contribution is 0.568. The Hall–Kier alpha value is -0.360. The van der Waals surface area contributed by atoms with Gasteiger partial charge in [-0.2, -0.15) is 5.10 Å². The van der Waals surface area contributed by atoms with Gasteiger partial charge in [0.1, 0.15) is 0 Å². The van der Waals surface area contributed by atoms with Crippen molar-refractivity contribution in [3.63, 3.8) is 0 Å². The molecule has 0 radical (unpaired) electrons. The maximum Gasteiger partial charge on any atom is 0.0855 e. The summed E-state index contributed by atoms with van der Waals surface area (Å²) in [6.45, 7) is 2.87. The largest absolute Gasteiger partial charge is 0.307 e. The smallest absolute Gasteiger partial charge is 0.0855 e. The average Bonchev–Trinajstić information content (AvgIpc) is 2.89. The number of aromatic nitrogens is 2. The van der Waals surface area contributed by atoms with Gasteiger partial charge < -0.3 is 5.32 Å². The first kappa shape index (κ1) is 13.1. The highest BCUT2D eigenvalue weighted by Gasteiger charge is 2.21. The van der Waals surface area contributed by atoms with Gasteiger partial charge in [-0.3, -0.25) is 4.68 Å². The molecule has 0 saturated carbocycles. The number of thiophene rings is 1. The predicted octanol–water partition coefficient (Wildman–Crippen LogP) is 3.69. The molecule has 17 heavy (non-hydrogen) atoms. The second-order valence-electron chi connectivity index (χ2n) is 3.58. The molecule has 0 aromatic carbocycles.